The third-order valence-corrected chi connectivity index (χ3v) is 6.10. The number of piperidine rings is 1. The molecule has 1 amide bonds. The second-order valence-corrected chi connectivity index (χ2v) is 8.18. The van der Waals surface area contributed by atoms with Crippen LogP contribution in [0, 0.1) is 5.82 Å². The molecule has 1 aliphatic heterocycles. The summed E-state index contributed by atoms with van der Waals surface area (Å²) in [5, 5.41) is 7.31. The number of hydrogen-bond acceptors (Lipinski definition) is 4. The van der Waals surface area contributed by atoms with Crippen LogP contribution in [0.1, 0.15) is 56.3 Å². The van der Waals surface area contributed by atoms with Gasteiger partial charge in [-0.2, -0.15) is 5.10 Å². The Morgan fingerprint density at radius 1 is 1.21 bits per heavy atom. The second-order valence-electron chi connectivity index (χ2n) is 8.18. The fourth-order valence-electron chi connectivity index (χ4n) is 4.60. The summed E-state index contributed by atoms with van der Waals surface area (Å²) in [6.07, 6.45) is 6.19. The van der Waals surface area contributed by atoms with E-state index < -0.39 is 0 Å². The molecule has 0 spiro atoms. The van der Waals surface area contributed by atoms with Crippen LogP contribution in [0.25, 0.3) is 0 Å². The van der Waals surface area contributed by atoms with E-state index in [1.165, 1.54) is 29.7 Å². The predicted molar refractivity (Wildman–Crippen MR) is 108 cm³/mol. The van der Waals surface area contributed by atoms with Crippen molar-refractivity contribution in [1.82, 2.24) is 19.2 Å². The van der Waals surface area contributed by atoms with Gasteiger partial charge in [-0.25, -0.2) is 13.9 Å². The largest absolute Gasteiger partial charge is 0.345 e. The highest BCUT2D eigenvalue weighted by Gasteiger charge is 2.30. The quantitative estimate of drug-likeness (QED) is 0.836. The van der Waals surface area contributed by atoms with Crippen molar-refractivity contribution in [2.75, 3.05) is 25.0 Å². The molecule has 2 heterocycles. The number of nitrogens with zero attached hydrogens (tertiary/aromatic N) is 4. The van der Waals surface area contributed by atoms with Crippen molar-refractivity contribution in [2.24, 2.45) is 7.05 Å². The normalized spacial score (nSPS) is 19.0. The Hall–Kier alpha value is -2.48. The smallest absolute Gasteiger partial charge is 0.325 e. The van der Waals surface area contributed by atoms with Gasteiger partial charge in [0.2, 0.25) is 5.91 Å². The Morgan fingerprint density at radius 2 is 1.93 bits per heavy atom. The van der Waals surface area contributed by atoms with Gasteiger partial charge < -0.3 is 5.32 Å². The van der Waals surface area contributed by atoms with Crippen LogP contribution in [0.15, 0.2) is 29.1 Å². The number of likely N-dealkylation sites (tertiary alicyclic amines) is 1. The number of anilines is 1. The van der Waals surface area contributed by atoms with Crippen molar-refractivity contribution < 1.29 is 9.18 Å². The highest BCUT2D eigenvalue weighted by atomic mass is 19.1. The van der Waals surface area contributed by atoms with Gasteiger partial charge in [0.25, 0.3) is 0 Å². The predicted octanol–water partition coefficient (Wildman–Crippen LogP) is 2.65. The van der Waals surface area contributed by atoms with Crippen LogP contribution in [-0.4, -0.2) is 44.8 Å². The first-order valence-corrected chi connectivity index (χ1v) is 10.4. The number of amides is 1. The minimum Gasteiger partial charge on any atom is -0.325 e. The molecule has 1 saturated heterocycles. The fourth-order valence-corrected chi connectivity index (χ4v) is 4.60. The molecule has 1 aromatic heterocycles. The van der Waals surface area contributed by atoms with Gasteiger partial charge in [0.05, 0.1) is 6.54 Å². The Kier molecular flexibility index (Phi) is 5.80. The molecule has 1 saturated carbocycles. The SMILES string of the molecule is Cn1nc(C2CCN(CC(=O)Nc3cccc(F)c3)CC2)n(C2CCCC2)c1=O. The van der Waals surface area contributed by atoms with Crippen molar-refractivity contribution in [3.05, 3.63) is 46.4 Å². The molecule has 8 heteroatoms. The Bertz CT molecular complexity index is 923. The number of carbonyl (C=O) groups is 1. The van der Waals surface area contributed by atoms with Crippen molar-refractivity contribution in [1.29, 1.82) is 0 Å². The topological polar surface area (TPSA) is 72.2 Å². The van der Waals surface area contributed by atoms with E-state index in [1.807, 2.05) is 4.57 Å². The molecule has 4 rings (SSSR count). The van der Waals surface area contributed by atoms with Gasteiger partial charge in [-0.05, 0) is 57.0 Å². The summed E-state index contributed by atoms with van der Waals surface area (Å²) in [5.41, 5.74) is 0.461. The van der Waals surface area contributed by atoms with E-state index in [1.54, 1.807) is 19.2 Å². The molecule has 1 N–H and O–H groups in total. The van der Waals surface area contributed by atoms with Gasteiger partial charge in [-0.15, -0.1) is 0 Å². The monoisotopic (exact) mass is 401 g/mol. The molecule has 2 aliphatic rings. The molecule has 0 atom stereocenters. The average molecular weight is 401 g/mol. The molecule has 0 radical (unpaired) electrons. The van der Waals surface area contributed by atoms with Crippen molar-refractivity contribution in [2.45, 2.75) is 50.5 Å². The summed E-state index contributed by atoms with van der Waals surface area (Å²) in [6, 6.07) is 6.20. The summed E-state index contributed by atoms with van der Waals surface area (Å²) in [7, 11) is 1.73. The zero-order valence-electron chi connectivity index (χ0n) is 16.8. The Morgan fingerprint density at radius 3 is 2.62 bits per heavy atom. The Labute approximate surface area is 169 Å². The van der Waals surface area contributed by atoms with E-state index in [4.69, 9.17) is 0 Å². The number of benzene rings is 1. The van der Waals surface area contributed by atoms with Gasteiger partial charge in [0.15, 0.2) is 0 Å². The van der Waals surface area contributed by atoms with E-state index in [2.05, 4.69) is 15.3 Å². The number of aryl methyl sites for hydroxylation is 1. The van der Waals surface area contributed by atoms with Gasteiger partial charge in [0, 0.05) is 24.7 Å². The van der Waals surface area contributed by atoms with Crippen molar-refractivity contribution in [3.63, 3.8) is 0 Å². The van der Waals surface area contributed by atoms with Crippen molar-refractivity contribution >= 4 is 11.6 Å². The highest BCUT2D eigenvalue weighted by molar-refractivity contribution is 5.92. The van der Waals surface area contributed by atoms with Crippen LogP contribution >= 0.6 is 0 Å². The van der Waals surface area contributed by atoms with Crippen LogP contribution in [0.5, 0.6) is 0 Å². The summed E-state index contributed by atoms with van der Waals surface area (Å²) < 4.78 is 16.7. The highest BCUT2D eigenvalue weighted by Crippen LogP contribution is 2.33. The maximum Gasteiger partial charge on any atom is 0.345 e. The molecule has 2 fully saturated rings. The van der Waals surface area contributed by atoms with Gasteiger partial charge >= 0.3 is 5.69 Å². The molecule has 2 aromatic rings. The van der Waals surface area contributed by atoms with Gasteiger partial charge in [-0.1, -0.05) is 18.9 Å². The first-order chi connectivity index (χ1) is 14.0. The number of rotatable bonds is 5. The lowest BCUT2D eigenvalue weighted by molar-refractivity contribution is -0.117. The number of nitrogens with one attached hydrogen (secondary N) is 1. The minimum atomic E-state index is -0.368. The summed E-state index contributed by atoms with van der Waals surface area (Å²) in [5.74, 6) is 0.641. The molecule has 1 aromatic carbocycles. The zero-order valence-corrected chi connectivity index (χ0v) is 16.8. The van der Waals surface area contributed by atoms with E-state index >= 15 is 0 Å². The average Bonchev–Trinajstić information content (AvgIpc) is 3.31. The van der Waals surface area contributed by atoms with Crippen LogP contribution in [0.3, 0.4) is 0 Å². The maximum atomic E-state index is 13.3. The van der Waals surface area contributed by atoms with Crippen LogP contribution in [0.2, 0.25) is 0 Å². The third-order valence-electron chi connectivity index (χ3n) is 6.10. The summed E-state index contributed by atoms with van der Waals surface area (Å²) in [4.78, 5) is 27.0. The molecule has 0 bridgehead atoms. The minimum absolute atomic E-state index is 0.0104. The van der Waals surface area contributed by atoms with E-state index in [9.17, 15) is 14.0 Å². The number of halogens is 1. The molecule has 0 unspecified atom stereocenters. The molecular weight excluding hydrogens is 373 g/mol. The third kappa shape index (κ3) is 4.42. The standard InChI is InChI=1S/C21H28FN5O2/c1-25-21(29)27(18-7-2-3-8-18)20(24-25)15-9-11-26(12-10-15)14-19(28)23-17-6-4-5-16(22)13-17/h4-6,13,15,18H,2-3,7-12,14H2,1H3,(H,23,28). The molecular formula is C21H28FN5O2. The number of aromatic nitrogens is 3. The van der Waals surface area contributed by atoms with E-state index in [0.29, 0.717) is 5.69 Å². The summed E-state index contributed by atoms with van der Waals surface area (Å²) in [6.45, 7) is 1.83. The first-order valence-electron chi connectivity index (χ1n) is 10.4. The maximum absolute atomic E-state index is 13.3. The summed E-state index contributed by atoms with van der Waals surface area (Å²) >= 11 is 0. The van der Waals surface area contributed by atoms with Gasteiger partial charge in [0.1, 0.15) is 11.6 Å². The molecule has 29 heavy (non-hydrogen) atoms. The molecule has 7 nitrogen and oxygen atoms in total. The van der Waals surface area contributed by atoms with E-state index in [0.717, 1.165) is 44.6 Å². The lowest BCUT2D eigenvalue weighted by Crippen LogP contribution is -2.39. The first kappa shape index (κ1) is 19.8. The van der Waals surface area contributed by atoms with Crippen LogP contribution < -0.4 is 11.0 Å². The Balaban J connectivity index is 1.36. The zero-order chi connectivity index (χ0) is 20.4. The lowest BCUT2D eigenvalue weighted by atomic mass is 9.95. The second kappa shape index (κ2) is 8.49. The van der Waals surface area contributed by atoms with Crippen LogP contribution in [0.4, 0.5) is 10.1 Å². The van der Waals surface area contributed by atoms with Crippen molar-refractivity contribution in [3.8, 4) is 0 Å². The van der Waals surface area contributed by atoms with E-state index in [-0.39, 0.29) is 35.9 Å². The fraction of sp³-hybridized carbons (Fsp3) is 0.571. The molecule has 1 aliphatic carbocycles. The van der Waals surface area contributed by atoms with Crippen LogP contribution in [-0.2, 0) is 11.8 Å². The number of carbonyl (C=O) groups excluding carboxylic acids is 1. The molecule has 156 valence electrons. The van der Waals surface area contributed by atoms with Gasteiger partial charge in [-0.3, -0.25) is 14.3 Å². The number of hydrogen-bond donors (Lipinski definition) is 1. The lowest BCUT2D eigenvalue weighted by Gasteiger charge is -2.31.